The summed E-state index contributed by atoms with van der Waals surface area (Å²) in [6, 6.07) is 9.04. The minimum atomic E-state index is -2.24. The number of benzene rings is 1. The number of hydrogen-bond donors (Lipinski definition) is 1. The van der Waals surface area contributed by atoms with Crippen molar-refractivity contribution in [3.63, 3.8) is 0 Å². The van der Waals surface area contributed by atoms with Crippen LogP contribution in [0, 0.1) is 22.7 Å². The molecule has 9 atom stereocenters. The summed E-state index contributed by atoms with van der Waals surface area (Å²) in [5.41, 5.74) is -4.22. The molecule has 0 aromatic heterocycles. The number of allylic oxidation sites excluding steroid dienone is 1. The van der Waals surface area contributed by atoms with E-state index in [9.17, 15) is 33.9 Å². The molecule has 0 spiro atoms. The Morgan fingerprint density at radius 3 is 1.88 bits per heavy atom. The van der Waals surface area contributed by atoms with Crippen molar-refractivity contribution < 1.29 is 62.3 Å². The Hall–Kier alpha value is -4.78. The molecule has 4 rings (SSSR count). The van der Waals surface area contributed by atoms with Gasteiger partial charge in [0.05, 0.1) is 5.41 Å². The van der Waals surface area contributed by atoms with E-state index in [0.29, 0.717) is 0 Å². The van der Waals surface area contributed by atoms with Crippen LogP contribution in [0.4, 0.5) is 0 Å². The Morgan fingerprint density at radius 1 is 0.788 bits per heavy atom. The van der Waals surface area contributed by atoms with Gasteiger partial charge in [0.25, 0.3) is 0 Å². The highest BCUT2D eigenvalue weighted by atomic mass is 16.6. The number of esters is 6. The second kappa shape index (κ2) is 15.1. The lowest BCUT2D eigenvalue weighted by Crippen LogP contribution is -2.75. The van der Waals surface area contributed by atoms with Gasteiger partial charge in [-0.05, 0) is 24.1 Å². The number of fused-ring (bicyclic) bond motifs is 3. The van der Waals surface area contributed by atoms with Crippen LogP contribution in [-0.2, 0) is 57.2 Å². The Morgan fingerprint density at radius 2 is 1.35 bits per heavy atom. The molecule has 0 saturated heterocycles. The molecule has 1 N–H and O–H groups in total. The van der Waals surface area contributed by atoms with Gasteiger partial charge in [-0.25, -0.2) is 4.79 Å². The average molecular weight is 725 g/mol. The molecule has 0 amide bonds. The third kappa shape index (κ3) is 7.41. The van der Waals surface area contributed by atoms with Gasteiger partial charge in [-0.2, -0.15) is 0 Å². The third-order valence-corrected chi connectivity index (χ3v) is 10.9. The summed E-state index contributed by atoms with van der Waals surface area (Å²) in [6.45, 7) is 16.6. The van der Waals surface area contributed by atoms with E-state index in [1.54, 1.807) is 39.0 Å². The van der Waals surface area contributed by atoms with Crippen LogP contribution in [0.25, 0.3) is 6.08 Å². The predicted octanol–water partition coefficient (Wildman–Crippen LogP) is 4.55. The van der Waals surface area contributed by atoms with Crippen molar-refractivity contribution >= 4 is 41.9 Å². The second-order valence-corrected chi connectivity index (χ2v) is 14.5. The highest BCUT2D eigenvalue weighted by molar-refractivity contribution is 5.87. The zero-order chi connectivity index (χ0) is 38.9. The molecule has 2 fully saturated rings. The van der Waals surface area contributed by atoms with E-state index >= 15 is 0 Å². The van der Waals surface area contributed by atoms with E-state index in [0.717, 1.165) is 19.4 Å². The maximum Gasteiger partial charge on any atom is 0.331 e. The summed E-state index contributed by atoms with van der Waals surface area (Å²) >= 11 is 0. The highest BCUT2D eigenvalue weighted by Gasteiger charge is 2.73. The van der Waals surface area contributed by atoms with Gasteiger partial charge in [0.15, 0.2) is 12.2 Å². The lowest BCUT2D eigenvalue weighted by atomic mass is 9.45. The molecule has 2 bridgehead atoms. The maximum absolute atomic E-state index is 13.3. The van der Waals surface area contributed by atoms with Gasteiger partial charge in [-0.1, -0.05) is 57.7 Å². The van der Waals surface area contributed by atoms with Crippen molar-refractivity contribution in [3.05, 3.63) is 65.5 Å². The number of carbonyl (C=O) groups is 6. The largest absolute Gasteiger partial charge is 0.462 e. The Kier molecular flexibility index (Phi) is 11.6. The molecule has 0 heterocycles. The molecule has 3 aliphatic rings. The van der Waals surface area contributed by atoms with Gasteiger partial charge in [-0.15, -0.1) is 0 Å². The van der Waals surface area contributed by atoms with Crippen molar-refractivity contribution in [2.75, 3.05) is 0 Å². The van der Waals surface area contributed by atoms with E-state index in [1.807, 2.05) is 18.2 Å². The zero-order valence-corrected chi connectivity index (χ0v) is 31.1. The molecule has 52 heavy (non-hydrogen) atoms. The van der Waals surface area contributed by atoms with Crippen LogP contribution in [0.15, 0.2) is 59.9 Å². The van der Waals surface area contributed by atoms with Gasteiger partial charge < -0.3 is 33.5 Å². The lowest BCUT2D eigenvalue weighted by molar-refractivity contribution is -0.277. The molecular formula is C39H48O13. The molecule has 13 nitrogen and oxygen atoms in total. The number of rotatable bonds is 8. The van der Waals surface area contributed by atoms with Crippen molar-refractivity contribution in [3.8, 4) is 0 Å². The van der Waals surface area contributed by atoms with Crippen LogP contribution < -0.4 is 0 Å². The standard InChI is InChI=1S/C39H48O13/c1-20-29(52-32(45)17-16-27-14-12-11-13-15-27)19-31(48-23(4)41)38(10)33(20)34(49-24(5)42)28-18-30(47-22(3)40)21(2)39(46,37(28,8)9)36(51-26(7)44)35(38)50-25(6)43/h11-17,28-29,31,33-36,46H,1,18-19H2,2-10H3/t28-,29+,31+,33?,34+,35-,36+,38-,39+/m1/s1. The van der Waals surface area contributed by atoms with Crippen molar-refractivity contribution in [1.29, 1.82) is 0 Å². The fourth-order valence-electron chi connectivity index (χ4n) is 8.53. The van der Waals surface area contributed by atoms with E-state index in [2.05, 4.69) is 6.58 Å². The predicted molar refractivity (Wildman–Crippen MR) is 184 cm³/mol. The molecule has 2 saturated carbocycles. The average Bonchev–Trinajstić information content (AvgIpc) is 3.03. The second-order valence-electron chi connectivity index (χ2n) is 14.5. The normalized spacial score (nSPS) is 32.3. The van der Waals surface area contributed by atoms with Gasteiger partial charge in [0.2, 0.25) is 0 Å². The smallest absolute Gasteiger partial charge is 0.331 e. The zero-order valence-electron chi connectivity index (χ0n) is 31.1. The topological polar surface area (TPSA) is 178 Å². The van der Waals surface area contributed by atoms with Crippen LogP contribution in [0.5, 0.6) is 0 Å². The quantitative estimate of drug-likeness (QED) is 0.171. The SMILES string of the molecule is C=C1C2[C@@H](OC(C)=O)[C@H]3CC(OC(C)=O)=C(C)[C@](O)([C@@H](OC(C)=O)[C@@H](OC(C)=O)[C@]2(C)[C@@H](OC(C)=O)C[C@@H]1OC(=O)C=Cc1ccccc1)C3(C)C. The number of carbonyl (C=O) groups excluding carboxylic acids is 6. The first-order chi connectivity index (χ1) is 24.2. The van der Waals surface area contributed by atoms with Gasteiger partial charge in [0.1, 0.15) is 29.7 Å². The molecule has 0 aliphatic heterocycles. The Bertz CT molecular complexity index is 1690. The number of hydrogen-bond acceptors (Lipinski definition) is 13. The fraction of sp³-hybridized carbons (Fsp3) is 0.538. The fourth-order valence-corrected chi connectivity index (χ4v) is 8.53. The molecule has 3 aliphatic carbocycles. The molecule has 282 valence electrons. The molecule has 1 aromatic rings. The van der Waals surface area contributed by atoms with Crippen LogP contribution in [0.2, 0.25) is 0 Å². The van der Waals surface area contributed by atoms with E-state index in [1.165, 1.54) is 33.8 Å². The molecule has 1 unspecified atom stereocenters. The van der Waals surface area contributed by atoms with Crippen LogP contribution >= 0.6 is 0 Å². The van der Waals surface area contributed by atoms with E-state index in [-0.39, 0.29) is 29.7 Å². The van der Waals surface area contributed by atoms with Crippen molar-refractivity contribution in [1.82, 2.24) is 0 Å². The first kappa shape index (κ1) is 40.0. The van der Waals surface area contributed by atoms with E-state index in [4.69, 9.17) is 28.4 Å². The molecule has 13 heteroatoms. The summed E-state index contributed by atoms with van der Waals surface area (Å²) in [7, 11) is 0. The maximum atomic E-state index is 13.3. The summed E-state index contributed by atoms with van der Waals surface area (Å²) in [4.78, 5) is 77.5. The van der Waals surface area contributed by atoms with Gasteiger partial charge in [0, 0.05) is 76.4 Å². The Balaban J connectivity index is 2.05. The summed E-state index contributed by atoms with van der Waals surface area (Å²) in [6.07, 6.45) is -4.41. The van der Waals surface area contributed by atoms with Gasteiger partial charge >= 0.3 is 35.8 Å². The van der Waals surface area contributed by atoms with Gasteiger partial charge in [-0.3, -0.25) is 24.0 Å². The van der Waals surface area contributed by atoms with Crippen LogP contribution in [0.1, 0.15) is 80.7 Å². The summed E-state index contributed by atoms with van der Waals surface area (Å²) < 4.78 is 35.7. The highest BCUT2D eigenvalue weighted by Crippen LogP contribution is 2.64. The molecule has 0 radical (unpaired) electrons. The van der Waals surface area contributed by atoms with Crippen molar-refractivity contribution in [2.45, 2.75) is 111 Å². The number of ether oxygens (including phenoxy) is 6. The first-order valence-corrected chi connectivity index (χ1v) is 17.1. The summed E-state index contributed by atoms with van der Waals surface area (Å²) in [5, 5.41) is 13.1. The van der Waals surface area contributed by atoms with E-state index < -0.39 is 94.6 Å². The van der Waals surface area contributed by atoms with Crippen molar-refractivity contribution in [2.24, 2.45) is 22.7 Å². The monoisotopic (exact) mass is 724 g/mol. The first-order valence-electron chi connectivity index (χ1n) is 17.1. The molecule has 1 aromatic carbocycles. The molecular weight excluding hydrogens is 676 g/mol. The minimum Gasteiger partial charge on any atom is -0.462 e. The van der Waals surface area contributed by atoms with Crippen LogP contribution in [-0.4, -0.2) is 77.0 Å². The Labute approximate surface area is 303 Å². The van der Waals surface area contributed by atoms with Crippen LogP contribution in [0.3, 0.4) is 0 Å². The summed E-state index contributed by atoms with van der Waals surface area (Å²) in [5.74, 6) is -6.63. The lowest BCUT2D eigenvalue weighted by Gasteiger charge is -2.64. The third-order valence-electron chi connectivity index (χ3n) is 10.9. The number of aliphatic hydroxyl groups is 1. The minimum absolute atomic E-state index is 0.0331.